The van der Waals surface area contributed by atoms with Gasteiger partial charge in [-0.05, 0) is 25.0 Å². The molecule has 1 aliphatic heterocycles. The van der Waals surface area contributed by atoms with Crippen LogP contribution >= 0.6 is 0 Å². The molecule has 1 aromatic rings. The monoisotopic (exact) mass is 229 g/mol. The third kappa shape index (κ3) is 2.83. The van der Waals surface area contributed by atoms with Crippen LogP contribution in [0.2, 0.25) is 0 Å². The SMILES string of the molecule is NCC#Cc1ccc(C(=O)N2CCCC2)nc1. The Bertz CT molecular complexity index is 450. The number of rotatable bonds is 1. The van der Waals surface area contributed by atoms with Gasteiger partial charge in [0.1, 0.15) is 5.69 Å². The molecule has 4 nitrogen and oxygen atoms in total. The van der Waals surface area contributed by atoms with Crippen molar-refractivity contribution in [2.75, 3.05) is 19.6 Å². The first kappa shape index (κ1) is 11.6. The van der Waals surface area contributed by atoms with E-state index in [1.54, 1.807) is 18.3 Å². The minimum absolute atomic E-state index is 0.0147. The molecule has 0 radical (unpaired) electrons. The lowest BCUT2D eigenvalue weighted by Gasteiger charge is -2.14. The average Bonchev–Trinajstić information content (AvgIpc) is 2.90. The summed E-state index contributed by atoms with van der Waals surface area (Å²) in [5.74, 6) is 5.64. The maximum Gasteiger partial charge on any atom is 0.272 e. The van der Waals surface area contributed by atoms with Crippen molar-refractivity contribution in [2.45, 2.75) is 12.8 Å². The number of carbonyl (C=O) groups is 1. The van der Waals surface area contributed by atoms with Crippen LogP contribution in [0.25, 0.3) is 0 Å². The molecule has 2 N–H and O–H groups in total. The molecule has 2 rings (SSSR count). The molecular weight excluding hydrogens is 214 g/mol. The fourth-order valence-electron chi connectivity index (χ4n) is 1.83. The topological polar surface area (TPSA) is 59.2 Å². The second-order valence-electron chi connectivity index (χ2n) is 3.94. The third-order valence-electron chi connectivity index (χ3n) is 2.71. The summed E-state index contributed by atoms with van der Waals surface area (Å²) in [6.45, 7) is 2.01. The highest BCUT2D eigenvalue weighted by molar-refractivity contribution is 5.92. The molecule has 0 unspecified atom stereocenters. The molecule has 0 aliphatic carbocycles. The smallest absolute Gasteiger partial charge is 0.272 e. The van der Waals surface area contributed by atoms with Crippen molar-refractivity contribution in [1.29, 1.82) is 0 Å². The van der Waals surface area contributed by atoms with E-state index in [0.717, 1.165) is 31.5 Å². The molecule has 1 fully saturated rings. The summed E-state index contributed by atoms with van der Waals surface area (Å²) in [6.07, 6.45) is 3.80. The minimum atomic E-state index is 0.0147. The number of hydrogen-bond acceptors (Lipinski definition) is 3. The van der Waals surface area contributed by atoms with Crippen LogP contribution in [0.1, 0.15) is 28.9 Å². The van der Waals surface area contributed by atoms with Crippen LogP contribution in [0.15, 0.2) is 18.3 Å². The average molecular weight is 229 g/mol. The van der Waals surface area contributed by atoms with Gasteiger partial charge in [-0.2, -0.15) is 0 Å². The van der Waals surface area contributed by atoms with Gasteiger partial charge in [0.25, 0.3) is 5.91 Å². The molecule has 1 saturated heterocycles. The van der Waals surface area contributed by atoms with Crippen molar-refractivity contribution in [2.24, 2.45) is 5.73 Å². The van der Waals surface area contributed by atoms with Gasteiger partial charge in [-0.25, -0.2) is 4.98 Å². The molecule has 88 valence electrons. The summed E-state index contributed by atoms with van der Waals surface area (Å²) in [4.78, 5) is 18.0. The molecule has 0 atom stereocenters. The molecule has 0 spiro atoms. The fraction of sp³-hybridized carbons (Fsp3) is 0.385. The normalized spacial score (nSPS) is 14.3. The van der Waals surface area contributed by atoms with Gasteiger partial charge in [0.05, 0.1) is 6.54 Å². The van der Waals surface area contributed by atoms with Gasteiger partial charge in [-0.1, -0.05) is 11.8 Å². The van der Waals surface area contributed by atoms with Gasteiger partial charge in [-0.15, -0.1) is 0 Å². The Labute approximate surface area is 101 Å². The van der Waals surface area contributed by atoms with Gasteiger partial charge < -0.3 is 10.6 Å². The lowest BCUT2D eigenvalue weighted by molar-refractivity contribution is 0.0787. The van der Waals surface area contributed by atoms with Gasteiger partial charge in [0.2, 0.25) is 0 Å². The predicted molar refractivity (Wildman–Crippen MR) is 65.3 cm³/mol. The van der Waals surface area contributed by atoms with E-state index >= 15 is 0 Å². The van der Waals surface area contributed by atoms with Crippen molar-refractivity contribution < 1.29 is 4.79 Å². The van der Waals surface area contributed by atoms with Crippen LogP contribution in [0, 0.1) is 11.8 Å². The Balaban J connectivity index is 2.09. The molecule has 1 amide bonds. The lowest BCUT2D eigenvalue weighted by atomic mass is 10.2. The number of likely N-dealkylation sites (tertiary alicyclic amines) is 1. The second-order valence-corrected chi connectivity index (χ2v) is 3.94. The number of hydrogen-bond donors (Lipinski definition) is 1. The van der Waals surface area contributed by atoms with Crippen LogP contribution in [0.4, 0.5) is 0 Å². The summed E-state index contributed by atoms with van der Waals surface area (Å²) < 4.78 is 0. The molecule has 0 saturated carbocycles. The lowest BCUT2D eigenvalue weighted by Crippen LogP contribution is -2.28. The predicted octanol–water partition coefficient (Wildman–Crippen LogP) is 0.628. The van der Waals surface area contributed by atoms with E-state index in [1.807, 2.05) is 4.90 Å². The van der Waals surface area contributed by atoms with Crippen molar-refractivity contribution >= 4 is 5.91 Å². The third-order valence-corrected chi connectivity index (χ3v) is 2.71. The molecule has 0 aromatic carbocycles. The number of aromatic nitrogens is 1. The van der Waals surface area contributed by atoms with Crippen LogP contribution < -0.4 is 5.73 Å². The Morgan fingerprint density at radius 2 is 2.18 bits per heavy atom. The van der Waals surface area contributed by atoms with Crippen molar-refractivity contribution in [3.05, 3.63) is 29.6 Å². The molecule has 17 heavy (non-hydrogen) atoms. The van der Waals surface area contributed by atoms with E-state index in [0.29, 0.717) is 12.2 Å². The first-order valence-electron chi connectivity index (χ1n) is 5.75. The number of amides is 1. The molecule has 1 aromatic heterocycles. The summed E-state index contributed by atoms with van der Waals surface area (Å²) in [6, 6.07) is 3.53. The Morgan fingerprint density at radius 3 is 2.76 bits per heavy atom. The van der Waals surface area contributed by atoms with E-state index in [4.69, 9.17) is 5.73 Å². The molecule has 2 heterocycles. The van der Waals surface area contributed by atoms with Gasteiger partial charge in [0.15, 0.2) is 0 Å². The Kier molecular flexibility index (Phi) is 3.73. The van der Waals surface area contributed by atoms with Gasteiger partial charge in [0, 0.05) is 24.8 Å². The first-order valence-corrected chi connectivity index (χ1v) is 5.75. The van der Waals surface area contributed by atoms with Crippen LogP contribution in [0.5, 0.6) is 0 Å². The number of nitrogens with zero attached hydrogens (tertiary/aromatic N) is 2. The van der Waals surface area contributed by atoms with E-state index in [9.17, 15) is 4.79 Å². The van der Waals surface area contributed by atoms with Crippen LogP contribution in [0.3, 0.4) is 0 Å². The molecular formula is C13H15N3O. The van der Waals surface area contributed by atoms with Crippen molar-refractivity contribution in [3.63, 3.8) is 0 Å². The maximum atomic E-state index is 12.0. The molecule has 1 aliphatic rings. The molecule has 4 heteroatoms. The highest BCUT2D eigenvalue weighted by Crippen LogP contribution is 2.11. The number of nitrogens with two attached hydrogens (primary N) is 1. The van der Waals surface area contributed by atoms with E-state index < -0.39 is 0 Å². The summed E-state index contributed by atoms with van der Waals surface area (Å²) in [5, 5.41) is 0. The highest BCUT2D eigenvalue weighted by Gasteiger charge is 2.19. The summed E-state index contributed by atoms with van der Waals surface area (Å²) in [5.41, 5.74) is 6.56. The van der Waals surface area contributed by atoms with Gasteiger partial charge in [-0.3, -0.25) is 4.79 Å². The highest BCUT2D eigenvalue weighted by atomic mass is 16.2. The zero-order valence-electron chi connectivity index (χ0n) is 9.65. The van der Waals surface area contributed by atoms with Gasteiger partial charge >= 0.3 is 0 Å². The maximum absolute atomic E-state index is 12.0. The van der Waals surface area contributed by atoms with E-state index in [2.05, 4.69) is 16.8 Å². The van der Waals surface area contributed by atoms with Crippen molar-refractivity contribution in [1.82, 2.24) is 9.88 Å². The van der Waals surface area contributed by atoms with E-state index in [1.165, 1.54) is 0 Å². The van der Waals surface area contributed by atoms with E-state index in [-0.39, 0.29) is 5.91 Å². The fourth-order valence-corrected chi connectivity index (χ4v) is 1.83. The standard InChI is InChI=1S/C13H15N3O/c14-7-3-4-11-5-6-12(15-10-11)13(17)16-8-1-2-9-16/h5-6,10H,1-2,7-9,14H2. The largest absolute Gasteiger partial charge is 0.337 e. The number of pyridine rings is 1. The van der Waals surface area contributed by atoms with Crippen LogP contribution in [-0.4, -0.2) is 35.4 Å². The first-order chi connectivity index (χ1) is 8.31. The quantitative estimate of drug-likeness (QED) is 0.718. The Hall–Kier alpha value is -1.86. The summed E-state index contributed by atoms with van der Waals surface area (Å²) in [7, 11) is 0. The van der Waals surface area contributed by atoms with Crippen LogP contribution in [-0.2, 0) is 0 Å². The molecule has 0 bridgehead atoms. The van der Waals surface area contributed by atoms with Crippen molar-refractivity contribution in [3.8, 4) is 11.8 Å². The second kappa shape index (κ2) is 5.46. The Morgan fingerprint density at radius 1 is 1.41 bits per heavy atom. The summed E-state index contributed by atoms with van der Waals surface area (Å²) >= 11 is 0. The minimum Gasteiger partial charge on any atom is -0.337 e. The zero-order chi connectivity index (χ0) is 12.1. The zero-order valence-corrected chi connectivity index (χ0v) is 9.65. The number of carbonyl (C=O) groups excluding carboxylic acids is 1.